The van der Waals surface area contributed by atoms with Gasteiger partial charge in [-0.1, -0.05) is 54.1 Å². The second-order valence-electron chi connectivity index (χ2n) is 8.78. The molecule has 1 N–H and O–H groups in total. The lowest BCUT2D eigenvalue weighted by Gasteiger charge is -2.39. The number of hydrogen-bond donors (Lipinski definition) is 1. The fourth-order valence-electron chi connectivity index (χ4n) is 4.71. The van der Waals surface area contributed by atoms with Gasteiger partial charge in [0.1, 0.15) is 24.2 Å². The van der Waals surface area contributed by atoms with Gasteiger partial charge in [0.2, 0.25) is 5.95 Å². The third-order valence-corrected chi connectivity index (χ3v) is 6.43. The summed E-state index contributed by atoms with van der Waals surface area (Å²) in [6, 6.07) is 25.3. The Hall–Kier alpha value is -4.06. The Morgan fingerprint density at radius 2 is 1.64 bits per heavy atom. The van der Waals surface area contributed by atoms with Gasteiger partial charge in [-0.25, -0.2) is 4.68 Å². The van der Waals surface area contributed by atoms with Crippen molar-refractivity contribution in [2.75, 3.05) is 24.3 Å². The molecule has 0 saturated carbocycles. The van der Waals surface area contributed by atoms with Crippen LogP contribution >= 0.6 is 0 Å². The molecule has 2 aliphatic heterocycles. The number of aryl methyl sites for hydroxylation is 1. The van der Waals surface area contributed by atoms with Crippen LogP contribution in [0, 0.1) is 6.92 Å². The molecule has 0 saturated heterocycles. The molecule has 0 unspecified atom stereocenters. The average molecular weight is 436 g/mol. The smallest absolute Gasteiger partial charge is 0.226 e. The Labute approximate surface area is 193 Å². The SMILES string of the molecule is Cc1ccc([C@@H]2C3=C(Nc4ncnn42)c2ccccc2O[C@H]3c2ccc(N(C)C)cc2)cc1. The molecule has 0 bridgehead atoms. The van der Waals surface area contributed by atoms with Gasteiger partial charge in [0.15, 0.2) is 0 Å². The fraction of sp³-hybridized carbons (Fsp3) is 0.185. The van der Waals surface area contributed by atoms with E-state index in [1.165, 1.54) is 5.56 Å². The molecular formula is C27H25N5O. The molecule has 33 heavy (non-hydrogen) atoms. The van der Waals surface area contributed by atoms with Crippen LogP contribution in [-0.4, -0.2) is 28.9 Å². The first-order valence-electron chi connectivity index (χ1n) is 11.1. The molecule has 0 radical (unpaired) electrons. The zero-order valence-corrected chi connectivity index (χ0v) is 18.9. The number of ether oxygens (including phenoxy) is 1. The van der Waals surface area contributed by atoms with Crippen molar-refractivity contribution in [3.05, 3.63) is 107 Å². The maximum atomic E-state index is 6.68. The summed E-state index contributed by atoms with van der Waals surface area (Å²) in [7, 11) is 4.10. The van der Waals surface area contributed by atoms with E-state index in [1.807, 2.05) is 37.0 Å². The minimum Gasteiger partial charge on any atom is -0.480 e. The first-order valence-corrected chi connectivity index (χ1v) is 11.1. The minimum absolute atomic E-state index is 0.133. The standard InChI is InChI=1S/C27H25N5O/c1-17-8-10-18(11-9-17)25-23-24(30-27-28-16-29-32(25)27)21-6-4-5-7-22(21)33-26(23)19-12-14-20(15-13-19)31(2)3/h4-16,25-26H,1-3H3,(H,28,29,30)/t25-,26+/m1/s1. The van der Waals surface area contributed by atoms with E-state index in [-0.39, 0.29) is 12.1 Å². The number of benzene rings is 3. The molecule has 4 aromatic rings. The van der Waals surface area contributed by atoms with Crippen LogP contribution < -0.4 is 15.0 Å². The van der Waals surface area contributed by atoms with Crippen molar-refractivity contribution in [1.82, 2.24) is 14.8 Å². The normalized spacial score (nSPS) is 18.5. The summed E-state index contributed by atoms with van der Waals surface area (Å²) in [6.45, 7) is 2.10. The van der Waals surface area contributed by atoms with Gasteiger partial charge in [-0.2, -0.15) is 10.1 Å². The topological polar surface area (TPSA) is 55.2 Å². The first-order chi connectivity index (χ1) is 16.1. The van der Waals surface area contributed by atoms with Gasteiger partial charge in [-0.05, 0) is 42.3 Å². The van der Waals surface area contributed by atoms with E-state index in [2.05, 4.69) is 81.8 Å². The molecule has 0 spiro atoms. The third kappa shape index (κ3) is 3.18. The number of rotatable bonds is 3. The number of aromatic nitrogens is 3. The number of nitrogens with one attached hydrogen (secondary N) is 1. The molecule has 2 aliphatic rings. The maximum Gasteiger partial charge on any atom is 0.226 e. The Balaban J connectivity index is 1.58. The third-order valence-electron chi connectivity index (χ3n) is 6.43. The van der Waals surface area contributed by atoms with Gasteiger partial charge in [0.05, 0.1) is 5.70 Å². The summed E-state index contributed by atoms with van der Waals surface area (Å²) < 4.78 is 8.64. The van der Waals surface area contributed by atoms with Crippen molar-refractivity contribution < 1.29 is 4.74 Å². The second kappa shape index (κ2) is 7.52. The van der Waals surface area contributed by atoms with Crippen molar-refractivity contribution in [1.29, 1.82) is 0 Å². The van der Waals surface area contributed by atoms with Crippen LogP contribution in [0.2, 0.25) is 0 Å². The van der Waals surface area contributed by atoms with Gasteiger partial charge in [0.25, 0.3) is 0 Å². The van der Waals surface area contributed by atoms with Gasteiger partial charge < -0.3 is 15.0 Å². The summed E-state index contributed by atoms with van der Waals surface area (Å²) in [5, 5.41) is 8.15. The lowest BCUT2D eigenvalue weighted by molar-refractivity contribution is 0.223. The van der Waals surface area contributed by atoms with E-state index in [9.17, 15) is 0 Å². The van der Waals surface area contributed by atoms with Crippen molar-refractivity contribution >= 4 is 17.3 Å². The summed E-state index contributed by atoms with van der Waals surface area (Å²) >= 11 is 0. The largest absolute Gasteiger partial charge is 0.480 e. The number of anilines is 2. The van der Waals surface area contributed by atoms with E-state index in [0.29, 0.717) is 0 Å². The predicted octanol–water partition coefficient (Wildman–Crippen LogP) is 5.21. The van der Waals surface area contributed by atoms with E-state index in [4.69, 9.17) is 4.74 Å². The first kappa shape index (κ1) is 19.6. The minimum atomic E-state index is -0.262. The van der Waals surface area contributed by atoms with E-state index in [0.717, 1.165) is 45.3 Å². The number of fused-ring (bicyclic) bond motifs is 3. The second-order valence-corrected chi connectivity index (χ2v) is 8.78. The van der Waals surface area contributed by atoms with E-state index >= 15 is 0 Å². The number of nitrogens with zero attached hydrogens (tertiary/aromatic N) is 4. The molecule has 0 aliphatic carbocycles. The van der Waals surface area contributed by atoms with Gasteiger partial charge in [-0.15, -0.1) is 0 Å². The highest BCUT2D eigenvalue weighted by atomic mass is 16.5. The van der Waals surface area contributed by atoms with Crippen LogP contribution in [0.1, 0.15) is 34.4 Å². The predicted molar refractivity (Wildman–Crippen MR) is 130 cm³/mol. The quantitative estimate of drug-likeness (QED) is 0.479. The molecule has 0 amide bonds. The van der Waals surface area contributed by atoms with Crippen LogP contribution in [0.15, 0.2) is 84.7 Å². The van der Waals surface area contributed by atoms with Crippen molar-refractivity contribution in [3.8, 4) is 5.75 Å². The molecule has 6 rings (SSSR count). The van der Waals surface area contributed by atoms with Crippen LogP contribution in [-0.2, 0) is 0 Å². The molecule has 0 fully saturated rings. The van der Waals surface area contributed by atoms with Gasteiger partial charge >= 0.3 is 0 Å². The monoisotopic (exact) mass is 435 g/mol. The van der Waals surface area contributed by atoms with Crippen LogP contribution in [0.3, 0.4) is 0 Å². The highest BCUT2D eigenvalue weighted by molar-refractivity contribution is 5.85. The maximum absolute atomic E-state index is 6.68. The lowest BCUT2D eigenvalue weighted by Crippen LogP contribution is -2.32. The van der Waals surface area contributed by atoms with Crippen LogP contribution in [0.25, 0.3) is 5.70 Å². The summed E-state index contributed by atoms with van der Waals surface area (Å²) in [5.74, 6) is 1.60. The van der Waals surface area contributed by atoms with E-state index in [1.54, 1.807) is 6.33 Å². The number of hydrogen-bond acceptors (Lipinski definition) is 5. The molecular weight excluding hydrogens is 410 g/mol. The van der Waals surface area contributed by atoms with Crippen molar-refractivity contribution in [3.63, 3.8) is 0 Å². The highest BCUT2D eigenvalue weighted by Crippen LogP contribution is 2.50. The molecule has 1 aromatic heterocycles. The van der Waals surface area contributed by atoms with E-state index < -0.39 is 0 Å². The molecule has 6 nitrogen and oxygen atoms in total. The Kier molecular flexibility index (Phi) is 4.47. The lowest BCUT2D eigenvalue weighted by atomic mass is 9.84. The molecule has 2 atom stereocenters. The van der Waals surface area contributed by atoms with Gasteiger partial charge in [0, 0.05) is 30.9 Å². The number of para-hydroxylation sites is 1. The Morgan fingerprint density at radius 1 is 0.909 bits per heavy atom. The van der Waals surface area contributed by atoms with Crippen molar-refractivity contribution in [2.45, 2.75) is 19.1 Å². The van der Waals surface area contributed by atoms with Crippen molar-refractivity contribution in [2.24, 2.45) is 0 Å². The van der Waals surface area contributed by atoms with Crippen LogP contribution in [0.4, 0.5) is 11.6 Å². The summed E-state index contributed by atoms with van der Waals surface area (Å²) in [6.07, 6.45) is 1.34. The highest BCUT2D eigenvalue weighted by Gasteiger charge is 2.40. The van der Waals surface area contributed by atoms with Gasteiger partial charge in [-0.3, -0.25) is 0 Å². The molecule has 6 heteroatoms. The summed E-state index contributed by atoms with van der Waals surface area (Å²) in [4.78, 5) is 6.60. The average Bonchev–Trinajstić information content (AvgIpc) is 3.31. The Morgan fingerprint density at radius 3 is 2.39 bits per heavy atom. The molecule has 164 valence electrons. The molecule has 3 heterocycles. The summed E-state index contributed by atoms with van der Waals surface area (Å²) in [5.41, 5.74) is 7.85. The Bertz CT molecular complexity index is 1350. The zero-order chi connectivity index (χ0) is 22.5. The fourth-order valence-corrected chi connectivity index (χ4v) is 4.71. The van der Waals surface area contributed by atoms with Crippen LogP contribution in [0.5, 0.6) is 5.75 Å². The zero-order valence-electron chi connectivity index (χ0n) is 18.9. The molecule has 3 aromatic carbocycles.